The summed E-state index contributed by atoms with van der Waals surface area (Å²) in [4.78, 5) is 0. The lowest BCUT2D eigenvalue weighted by Crippen LogP contribution is -2.63. The second-order valence-corrected chi connectivity index (χ2v) is 4.13. The van der Waals surface area contributed by atoms with Crippen molar-refractivity contribution in [2.24, 2.45) is 0 Å². The number of rotatable bonds is 4. The normalized spacial score (nSPS) is 16.4. The molecule has 0 saturated carbocycles. The highest BCUT2D eigenvalue weighted by Gasteiger charge is 2.35. The average Bonchev–Trinajstić information content (AvgIpc) is 1.77. The molecule has 0 aliphatic rings. The highest BCUT2D eigenvalue weighted by molar-refractivity contribution is 4.74. The van der Waals surface area contributed by atoms with Gasteiger partial charge in [-0.1, -0.05) is 0 Å². The van der Waals surface area contributed by atoms with Gasteiger partial charge in [0.2, 0.25) is 0 Å². The molecule has 0 aromatic heterocycles. The number of hydrogen-bond acceptors (Lipinski definition) is 5. The van der Waals surface area contributed by atoms with E-state index in [4.69, 9.17) is 5.11 Å². The molecule has 0 fully saturated rings. The van der Waals surface area contributed by atoms with Crippen molar-refractivity contribution in [1.82, 2.24) is 10.4 Å². The molecule has 13 heavy (non-hydrogen) atoms. The number of aliphatic hydroxyl groups excluding tert-OH is 1. The van der Waals surface area contributed by atoms with E-state index in [1.165, 1.54) is 39.6 Å². The lowest BCUT2D eigenvalue weighted by atomic mass is 10.2. The largest absolute Gasteiger partial charge is 0.378 e. The molecule has 0 aliphatic heterocycles. The monoisotopic (exact) mass is 192 g/mol. The van der Waals surface area contributed by atoms with Crippen LogP contribution in [0.25, 0.3) is 0 Å². The molecule has 0 saturated heterocycles. The molecule has 4 N–H and O–H groups in total. The topological polar surface area (TPSA) is 76.0 Å². The summed E-state index contributed by atoms with van der Waals surface area (Å²) in [6, 6.07) is 0. The second-order valence-electron chi connectivity index (χ2n) is 4.13. The maximum Gasteiger partial charge on any atom is 0.128 e. The van der Waals surface area contributed by atoms with Gasteiger partial charge in [-0.05, 0) is 34.6 Å². The first-order valence-electron chi connectivity index (χ1n) is 4.24. The quantitative estimate of drug-likeness (QED) is 0.360. The highest BCUT2D eigenvalue weighted by atomic mass is 16.4. The minimum Gasteiger partial charge on any atom is -0.378 e. The van der Waals surface area contributed by atoms with Crippen LogP contribution in [0.1, 0.15) is 34.6 Å². The van der Waals surface area contributed by atoms with Crippen LogP contribution < -0.4 is 5.43 Å². The van der Waals surface area contributed by atoms with E-state index in [0.717, 1.165) is 0 Å². The fourth-order valence-electron chi connectivity index (χ4n) is 1.17. The summed E-state index contributed by atoms with van der Waals surface area (Å²) in [6.07, 6.45) is -0.835. The summed E-state index contributed by atoms with van der Waals surface area (Å²) in [5.74, 6) is 0. The van der Waals surface area contributed by atoms with Crippen LogP contribution in [0.3, 0.4) is 0 Å². The third-order valence-corrected chi connectivity index (χ3v) is 1.41. The summed E-state index contributed by atoms with van der Waals surface area (Å²) in [5, 5.41) is 29.6. The van der Waals surface area contributed by atoms with E-state index in [1.54, 1.807) is 0 Å². The maximum absolute atomic E-state index is 9.65. The van der Waals surface area contributed by atoms with Gasteiger partial charge in [0.25, 0.3) is 0 Å². The van der Waals surface area contributed by atoms with E-state index >= 15 is 0 Å². The molecule has 0 aromatic carbocycles. The fourth-order valence-corrected chi connectivity index (χ4v) is 1.17. The van der Waals surface area contributed by atoms with Crippen molar-refractivity contribution in [3.05, 3.63) is 0 Å². The molecule has 0 aromatic rings. The Morgan fingerprint density at radius 3 is 1.46 bits per heavy atom. The number of nitrogens with one attached hydrogen (secondary N) is 1. The Kier molecular flexibility index (Phi) is 3.83. The Morgan fingerprint density at radius 2 is 1.38 bits per heavy atom. The molecule has 1 atom stereocenters. The highest BCUT2D eigenvalue weighted by Crippen LogP contribution is 2.18. The van der Waals surface area contributed by atoms with Gasteiger partial charge < -0.3 is 15.3 Å². The van der Waals surface area contributed by atoms with Crippen molar-refractivity contribution >= 4 is 0 Å². The van der Waals surface area contributed by atoms with Crippen LogP contribution in [0.4, 0.5) is 0 Å². The minimum absolute atomic E-state index is 0.835. The van der Waals surface area contributed by atoms with E-state index in [1.807, 2.05) is 0 Å². The van der Waals surface area contributed by atoms with Gasteiger partial charge in [-0.3, -0.25) is 0 Å². The molecule has 5 nitrogen and oxygen atoms in total. The first-order valence-corrected chi connectivity index (χ1v) is 4.24. The zero-order chi connectivity index (χ0) is 10.9. The van der Waals surface area contributed by atoms with E-state index in [0.29, 0.717) is 0 Å². The van der Waals surface area contributed by atoms with Gasteiger partial charge in [-0.15, -0.1) is 0 Å². The van der Waals surface area contributed by atoms with E-state index in [2.05, 4.69) is 5.43 Å². The summed E-state index contributed by atoms with van der Waals surface area (Å²) < 4.78 is 0. The fraction of sp³-hybridized carbons (Fsp3) is 1.00. The smallest absolute Gasteiger partial charge is 0.128 e. The Hall–Kier alpha value is -0.200. The van der Waals surface area contributed by atoms with E-state index in [-0.39, 0.29) is 0 Å². The number of aliphatic hydroxyl groups is 3. The number of hydrazine groups is 1. The molecule has 5 heteroatoms. The van der Waals surface area contributed by atoms with Crippen molar-refractivity contribution in [3.8, 4) is 0 Å². The Bertz CT molecular complexity index is 144. The van der Waals surface area contributed by atoms with Crippen molar-refractivity contribution < 1.29 is 15.3 Å². The van der Waals surface area contributed by atoms with Gasteiger partial charge in [-0.25, -0.2) is 5.43 Å². The van der Waals surface area contributed by atoms with Crippen LogP contribution in [0.5, 0.6) is 0 Å². The van der Waals surface area contributed by atoms with Crippen LogP contribution in [0.15, 0.2) is 0 Å². The van der Waals surface area contributed by atoms with Crippen molar-refractivity contribution in [2.75, 3.05) is 0 Å². The van der Waals surface area contributed by atoms with Gasteiger partial charge in [0.1, 0.15) is 17.7 Å². The van der Waals surface area contributed by atoms with Gasteiger partial charge in [-0.2, -0.15) is 5.01 Å². The summed E-state index contributed by atoms with van der Waals surface area (Å²) >= 11 is 0. The standard InChI is InChI=1S/C8H20N2O3/c1-6(11)9-10(7(2,3)12)8(4,5)13/h6,9,11-13H,1-5H3. The summed E-state index contributed by atoms with van der Waals surface area (Å²) in [7, 11) is 0. The molecule has 0 spiro atoms. The molecule has 0 radical (unpaired) electrons. The lowest BCUT2D eigenvalue weighted by molar-refractivity contribution is -0.241. The minimum atomic E-state index is -1.25. The Morgan fingerprint density at radius 1 is 1.08 bits per heavy atom. The zero-order valence-corrected chi connectivity index (χ0v) is 8.87. The third-order valence-electron chi connectivity index (χ3n) is 1.41. The molecular weight excluding hydrogens is 172 g/mol. The first kappa shape index (κ1) is 12.8. The second kappa shape index (κ2) is 3.89. The van der Waals surface area contributed by atoms with E-state index < -0.39 is 17.7 Å². The van der Waals surface area contributed by atoms with Crippen LogP contribution in [0.2, 0.25) is 0 Å². The average molecular weight is 192 g/mol. The molecule has 1 unspecified atom stereocenters. The molecule has 80 valence electrons. The van der Waals surface area contributed by atoms with Crippen LogP contribution in [0, 0.1) is 0 Å². The Labute approximate surface area is 79.0 Å². The molecule has 0 heterocycles. The molecule has 0 amide bonds. The van der Waals surface area contributed by atoms with Gasteiger partial charge >= 0.3 is 0 Å². The SMILES string of the molecule is CC(O)NN(C(C)(C)O)C(C)(C)O. The van der Waals surface area contributed by atoms with Crippen molar-refractivity contribution in [3.63, 3.8) is 0 Å². The van der Waals surface area contributed by atoms with Gasteiger partial charge in [0.15, 0.2) is 0 Å². The molecular formula is C8H20N2O3. The summed E-state index contributed by atoms with van der Waals surface area (Å²) in [5.41, 5.74) is 0.0392. The third kappa shape index (κ3) is 4.54. The van der Waals surface area contributed by atoms with Crippen LogP contribution in [-0.4, -0.2) is 38.0 Å². The van der Waals surface area contributed by atoms with Gasteiger partial charge in [0.05, 0.1) is 0 Å². The number of hydrogen-bond donors (Lipinski definition) is 4. The first-order chi connectivity index (χ1) is 5.55. The summed E-state index contributed by atoms with van der Waals surface area (Å²) in [6.45, 7) is 7.56. The number of nitrogens with zero attached hydrogens (tertiary/aromatic N) is 1. The van der Waals surface area contributed by atoms with Gasteiger partial charge in [0, 0.05) is 0 Å². The van der Waals surface area contributed by atoms with Crippen LogP contribution in [-0.2, 0) is 0 Å². The molecule has 0 bridgehead atoms. The predicted molar refractivity (Wildman–Crippen MR) is 49.3 cm³/mol. The lowest BCUT2D eigenvalue weighted by Gasteiger charge is -2.43. The molecule has 0 rings (SSSR count). The van der Waals surface area contributed by atoms with Crippen molar-refractivity contribution in [1.29, 1.82) is 0 Å². The predicted octanol–water partition coefficient (Wildman–Crippen LogP) is -0.412. The maximum atomic E-state index is 9.65. The van der Waals surface area contributed by atoms with Crippen LogP contribution >= 0.6 is 0 Å². The van der Waals surface area contributed by atoms with Crippen molar-refractivity contribution in [2.45, 2.75) is 52.3 Å². The molecule has 0 aliphatic carbocycles. The van der Waals surface area contributed by atoms with E-state index in [9.17, 15) is 10.2 Å². The Balaban J connectivity index is 4.58. The zero-order valence-electron chi connectivity index (χ0n) is 8.87.